The molecule has 0 bridgehead atoms. The highest BCUT2D eigenvalue weighted by Crippen LogP contribution is 2.35. The Morgan fingerprint density at radius 3 is 2.68 bits per heavy atom. The van der Waals surface area contributed by atoms with E-state index in [1.165, 1.54) is 12.1 Å². The fourth-order valence-electron chi connectivity index (χ4n) is 1.68. The summed E-state index contributed by atoms with van der Waals surface area (Å²) in [7, 11) is 1.77. The summed E-state index contributed by atoms with van der Waals surface area (Å²) in [6, 6.07) is 3.76. The maximum Gasteiger partial charge on any atom is 0.418 e. The van der Waals surface area contributed by atoms with Crippen molar-refractivity contribution in [3.8, 4) is 0 Å². The lowest BCUT2D eigenvalue weighted by Crippen LogP contribution is -2.10. The minimum atomic E-state index is -4.45. The van der Waals surface area contributed by atoms with Gasteiger partial charge in [-0.15, -0.1) is 0 Å². The van der Waals surface area contributed by atoms with E-state index in [-0.39, 0.29) is 5.69 Å². The summed E-state index contributed by atoms with van der Waals surface area (Å²) >= 11 is 0. The number of hydrogen-bond donors (Lipinski definition) is 2. The molecule has 19 heavy (non-hydrogen) atoms. The van der Waals surface area contributed by atoms with Crippen molar-refractivity contribution in [2.75, 3.05) is 11.1 Å². The van der Waals surface area contributed by atoms with Gasteiger partial charge >= 0.3 is 6.18 Å². The fraction of sp³-hybridized carbons (Fsp3) is 0.250. The molecule has 4 nitrogen and oxygen atoms in total. The molecule has 102 valence electrons. The second kappa shape index (κ2) is 4.83. The lowest BCUT2D eigenvalue weighted by atomic mass is 10.1. The van der Waals surface area contributed by atoms with Crippen LogP contribution in [-0.2, 0) is 19.8 Å². The minimum Gasteiger partial charge on any atom is -0.398 e. The third kappa shape index (κ3) is 3.18. The van der Waals surface area contributed by atoms with Crippen molar-refractivity contribution in [2.24, 2.45) is 7.05 Å². The Morgan fingerprint density at radius 1 is 1.37 bits per heavy atom. The molecule has 2 rings (SSSR count). The van der Waals surface area contributed by atoms with Crippen LogP contribution in [0.25, 0.3) is 0 Å². The number of nitrogens with two attached hydrogens (primary N) is 1. The first-order chi connectivity index (χ1) is 8.86. The molecule has 0 unspecified atom stereocenters. The van der Waals surface area contributed by atoms with Crippen LogP contribution >= 0.6 is 0 Å². The van der Waals surface area contributed by atoms with Crippen molar-refractivity contribution >= 4 is 11.4 Å². The van der Waals surface area contributed by atoms with E-state index in [1.807, 2.05) is 0 Å². The number of rotatable bonds is 3. The topological polar surface area (TPSA) is 55.9 Å². The summed E-state index contributed by atoms with van der Waals surface area (Å²) in [4.78, 5) is 0. The summed E-state index contributed by atoms with van der Waals surface area (Å²) in [5.41, 5.74) is 5.47. The summed E-state index contributed by atoms with van der Waals surface area (Å²) in [5, 5.41) is 6.88. The molecule has 0 aliphatic carbocycles. The third-order valence-electron chi connectivity index (χ3n) is 2.61. The molecular formula is C12H13F3N4. The molecule has 7 heteroatoms. The summed E-state index contributed by atoms with van der Waals surface area (Å²) < 4.78 is 39.6. The third-order valence-corrected chi connectivity index (χ3v) is 2.61. The zero-order valence-corrected chi connectivity index (χ0v) is 10.2. The molecule has 2 aromatic rings. The Bertz CT molecular complexity index is 575. The predicted octanol–water partition coefficient (Wildman–Crippen LogP) is 2.63. The predicted molar refractivity (Wildman–Crippen MR) is 66.4 cm³/mol. The second-order valence-electron chi connectivity index (χ2n) is 4.18. The normalized spacial score (nSPS) is 11.6. The first-order valence-corrected chi connectivity index (χ1v) is 5.54. The molecule has 0 atom stereocenters. The maximum absolute atomic E-state index is 12.7. The molecule has 0 radical (unpaired) electrons. The summed E-state index contributed by atoms with van der Waals surface area (Å²) in [6.45, 7) is 0.398. The Labute approximate surface area is 108 Å². The van der Waals surface area contributed by atoms with Crippen molar-refractivity contribution < 1.29 is 13.2 Å². The number of aromatic nitrogens is 2. The van der Waals surface area contributed by atoms with Crippen molar-refractivity contribution in [3.05, 3.63) is 41.7 Å². The average Bonchev–Trinajstić information content (AvgIpc) is 2.72. The van der Waals surface area contributed by atoms with Gasteiger partial charge in [-0.1, -0.05) is 0 Å². The standard InChI is InChI=1S/C12H13F3N4/c1-19-7-8(6-18-19)5-17-9-2-3-11(16)10(4-9)12(13,14)15/h2-4,6-7,17H,5,16H2,1H3. The van der Waals surface area contributed by atoms with Gasteiger partial charge < -0.3 is 11.1 Å². The molecule has 0 saturated carbocycles. The van der Waals surface area contributed by atoms with Gasteiger partial charge in [0.1, 0.15) is 0 Å². The molecule has 3 N–H and O–H groups in total. The van der Waals surface area contributed by atoms with E-state index in [0.717, 1.165) is 11.6 Å². The number of nitrogens with zero attached hydrogens (tertiary/aromatic N) is 2. The summed E-state index contributed by atoms with van der Waals surface area (Å²) in [5.74, 6) is 0. The van der Waals surface area contributed by atoms with Crippen LogP contribution < -0.4 is 11.1 Å². The van der Waals surface area contributed by atoms with Crippen LogP contribution in [0.15, 0.2) is 30.6 Å². The van der Waals surface area contributed by atoms with E-state index in [2.05, 4.69) is 10.4 Å². The number of halogens is 3. The van der Waals surface area contributed by atoms with E-state index in [1.54, 1.807) is 24.1 Å². The number of aryl methyl sites for hydroxylation is 1. The Morgan fingerprint density at radius 2 is 2.11 bits per heavy atom. The number of anilines is 2. The molecule has 1 aromatic heterocycles. The lowest BCUT2D eigenvalue weighted by molar-refractivity contribution is -0.136. The Kier molecular flexibility index (Phi) is 3.37. The van der Waals surface area contributed by atoms with Gasteiger partial charge in [-0.2, -0.15) is 18.3 Å². The molecular weight excluding hydrogens is 257 g/mol. The highest BCUT2D eigenvalue weighted by atomic mass is 19.4. The first-order valence-electron chi connectivity index (χ1n) is 5.54. The zero-order valence-electron chi connectivity index (χ0n) is 10.2. The van der Waals surface area contributed by atoms with Gasteiger partial charge in [-0.3, -0.25) is 4.68 Å². The number of hydrogen-bond acceptors (Lipinski definition) is 3. The van der Waals surface area contributed by atoms with Crippen LogP contribution in [0.2, 0.25) is 0 Å². The fourth-order valence-corrected chi connectivity index (χ4v) is 1.68. The zero-order chi connectivity index (χ0) is 14.0. The van der Waals surface area contributed by atoms with Crippen LogP contribution in [0.5, 0.6) is 0 Å². The number of nitrogen functional groups attached to an aromatic ring is 1. The highest BCUT2D eigenvalue weighted by Gasteiger charge is 2.33. The SMILES string of the molecule is Cn1cc(CNc2ccc(N)c(C(F)(F)F)c2)cn1. The highest BCUT2D eigenvalue weighted by molar-refractivity contribution is 5.58. The van der Waals surface area contributed by atoms with E-state index in [0.29, 0.717) is 12.2 Å². The van der Waals surface area contributed by atoms with Crippen molar-refractivity contribution in [3.63, 3.8) is 0 Å². The molecule has 0 spiro atoms. The van der Waals surface area contributed by atoms with Gasteiger partial charge in [0.2, 0.25) is 0 Å². The van der Waals surface area contributed by atoms with E-state index < -0.39 is 11.7 Å². The molecule has 1 aromatic carbocycles. The minimum absolute atomic E-state index is 0.278. The van der Waals surface area contributed by atoms with Gasteiger partial charge in [-0.05, 0) is 18.2 Å². The van der Waals surface area contributed by atoms with Crippen LogP contribution in [-0.4, -0.2) is 9.78 Å². The van der Waals surface area contributed by atoms with Gasteiger partial charge in [0.25, 0.3) is 0 Å². The van der Waals surface area contributed by atoms with Gasteiger partial charge in [0, 0.05) is 36.7 Å². The van der Waals surface area contributed by atoms with E-state index in [9.17, 15) is 13.2 Å². The summed E-state index contributed by atoms with van der Waals surface area (Å²) in [6.07, 6.45) is -1.01. The van der Waals surface area contributed by atoms with Gasteiger partial charge in [-0.25, -0.2) is 0 Å². The van der Waals surface area contributed by atoms with Crippen molar-refractivity contribution in [2.45, 2.75) is 12.7 Å². The van der Waals surface area contributed by atoms with Crippen molar-refractivity contribution in [1.29, 1.82) is 0 Å². The Balaban J connectivity index is 2.13. The lowest BCUT2D eigenvalue weighted by Gasteiger charge is -2.12. The van der Waals surface area contributed by atoms with Crippen LogP contribution in [0.1, 0.15) is 11.1 Å². The molecule has 1 heterocycles. The van der Waals surface area contributed by atoms with Gasteiger partial charge in [0.15, 0.2) is 0 Å². The van der Waals surface area contributed by atoms with Crippen LogP contribution in [0.3, 0.4) is 0 Å². The van der Waals surface area contributed by atoms with E-state index in [4.69, 9.17) is 5.73 Å². The second-order valence-corrected chi connectivity index (χ2v) is 4.18. The van der Waals surface area contributed by atoms with E-state index >= 15 is 0 Å². The molecule has 0 aliphatic rings. The smallest absolute Gasteiger partial charge is 0.398 e. The number of nitrogens with one attached hydrogen (secondary N) is 1. The average molecular weight is 270 g/mol. The largest absolute Gasteiger partial charge is 0.418 e. The first kappa shape index (κ1) is 13.3. The molecule has 0 aliphatic heterocycles. The van der Waals surface area contributed by atoms with Crippen LogP contribution in [0.4, 0.5) is 24.5 Å². The monoisotopic (exact) mass is 270 g/mol. The van der Waals surface area contributed by atoms with Gasteiger partial charge in [0.05, 0.1) is 11.8 Å². The quantitative estimate of drug-likeness (QED) is 0.843. The number of benzene rings is 1. The van der Waals surface area contributed by atoms with Crippen LogP contribution in [0, 0.1) is 0 Å². The number of alkyl halides is 3. The van der Waals surface area contributed by atoms with Crippen molar-refractivity contribution in [1.82, 2.24) is 9.78 Å². The molecule has 0 amide bonds. The maximum atomic E-state index is 12.7. The Hall–Kier alpha value is -2.18. The molecule has 0 saturated heterocycles. The molecule has 0 fully saturated rings.